The molecule has 18 heavy (non-hydrogen) atoms. The number of rotatable bonds is 5. The number of hydrogen-bond donors (Lipinski definition) is 1. The Balaban J connectivity index is 1.90. The van der Waals surface area contributed by atoms with Crippen LogP contribution in [-0.2, 0) is 9.53 Å². The maximum Gasteiger partial charge on any atom is 0.230 e. The summed E-state index contributed by atoms with van der Waals surface area (Å²) in [5.41, 5.74) is 0.0319. The van der Waals surface area contributed by atoms with Crippen LogP contribution in [0, 0.1) is 0 Å². The SMILES string of the molecule is CSCC(=O)NC1(CN2CCOCC2)CCCC1. The number of hydrogen-bond acceptors (Lipinski definition) is 4. The molecule has 0 bridgehead atoms. The van der Waals surface area contributed by atoms with E-state index in [2.05, 4.69) is 10.2 Å². The lowest BCUT2D eigenvalue weighted by Gasteiger charge is -2.37. The highest BCUT2D eigenvalue weighted by Crippen LogP contribution is 2.30. The molecule has 1 aliphatic carbocycles. The Hall–Kier alpha value is -0.260. The maximum atomic E-state index is 11.9. The van der Waals surface area contributed by atoms with Gasteiger partial charge >= 0.3 is 0 Å². The van der Waals surface area contributed by atoms with E-state index in [1.165, 1.54) is 12.8 Å². The minimum atomic E-state index is 0.0319. The van der Waals surface area contributed by atoms with Crippen molar-refractivity contribution in [3.05, 3.63) is 0 Å². The third-order valence-corrected chi connectivity index (χ3v) is 4.42. The fraction of sp³-hybridized carbons (Fsp3) is 0.923. The second-order valence-electron chi connectivity index (χ2n) is 5.36. The average molecular weight is 272 g/mol. The van der Waals surface area contributed by atoms with Gasteiger partial charge in [0.15, 0.2) is 0 Å². The lowest BCUT2D eigenvalue weighted by Crippen LogP contribution is -2.56. The van der Waals surface area contributed by atoms with E-state index >= 15 is 0 Å². The van der Waals surface area contributed by atoms with Gasteiger partial charge in [0.1, 0.15) is 0 Å². The summed E-state index contributed by atoms with van der Waals surface area (Å²) in [6.07, 6.45) is 6.71. The average Bonchev–Trinajstić information content (AvgIpc) is 2.79. The minimum Gasteiger partial charge on any atom is -0.379 e. The van der Waals surface area contributed by atoms with Crippen LogP contribution in [0.3, 0.4) is 0 Å². The van der Waals surface area contributed by atoms with Gasteiger partial charge in [0.25, 0.3) is 0 Å². The fourth-order valence-electron chi connectivity index (χ4n) is 3.02. The van der Waals surface area contributed by atoms with Crippen LogP contribution < -0.4 is 5.32 Å². The molecule has 1 saturated carbocycles. The molecular weight excluding hydrogens is 248 g/mol. The van der Waals surface area contributed by atoms with Crippen LogP contribution in [0.25, 0.3) is 0 Å². The van der Waals surface area contributed by atoms with Crippen molar-refractivity contribution in [2.75, 3.05) is 44.9 Å². The molecule has 0 radical (unpaired) electrons. The largest absolute Gasteiger partial charge is 0.379 e. The highest BCUT2D eigenvalue weighted by molar-refractivity contribution is 7.99. The number of ether oxygens (including phenoxy) is 1. The number of nitrogens with one attached hydrogen (secondary N) is 1. The quantitative estimate of drug-likeness (QED) is 0.814. The predicted molar refractivity (Wildman–Crippen MR) is 75.0 cm³/mol. The van der Waals surface area contributed by atoms with Gasteiger partial charge in [0.05, 0.1) is 24.5 Å². The maximum absolute atomic E-state index is 11.9. The van der Waals surface area contributed by atoms with Crippen molar-refractivity contribution in [3.63, 3.8) is 0 Å². The Bertz CT molecular complexity index is 274. The summed E-state index contributed by atoms with van der Waals surface area (Å²) in [4.78, 5) is 14.3. The van der Waals surface area contributed by atoms with E-state index in [4.69, 9.17) is 4.74 Å². The van der Waals surface area contributed by atoms with Gasteiger partial charge in [0.2, 0.25) is 5.91 Å². The zero-order valence-electron chi connectivity index (χ0n) is 11.2. The van der Waals surface area contributed by atoms with Gasteiger partial charge in [-0.1, -0.05) is 12.8 Å². The minimum absolute atomic E-state index is 0.0319. The van der Waals surface area contributed by atoms with Crippen molar-refractivity contribution in [2.45, 2.75) is 31.2 Å². The molecule has 0 aromatic heterocycles. The molecule has 2 rings (SSSR count). The second-order valence-corrected chi connectivity index (χ2v) is 6.22. The molecule has 0 spiro atoms. The van der Waals surface area contributed by atoms with Gasteiger partial charge in [-0.3, -0.25) is 9.69 Å². The smallest absolute Gasteiger partial charge is 0.230 e. The van der Waals surface area contributed by atoms with E-state index in [9.17, 15) is 4.79 Å². The Labute approximate surface area is 114 Å². The molecule has 0 aromatic rings. The Kier molecular flexibility index (Phi) is 5.33. The molecule has 104 valence electrons. The normalized spacial score (nSPS) is 24.1. The molecule has 1 aliphatic heterocycles. The van der Waals surface area contributed by atoms with E-state index in [-0.39, 0.29) is 11.4 Å². The van der Waals surface area contributed by atoms with E-state index in [0.717, 1.165) is 45.7 Å². The van der Waals surface area contributed by atoms with Crippen molar-refractivity contribution in [1.29, 1.82) is 0 Å². The molecule has 0 aromatic carbocycles. The summed E-state index contributed by atoms with van der Waals surface area (Å²) < 4.78 is 5.38. The molecule has 5 heteroatoms. The van der Waals surface area contributed by atoms with Crippen LogP contribution in [0.1, 0.15) is 25.7 Å². The monoisotopic (exact) mass is 272 g/mol. The van der Waals surface area contributed by atoms with Crippen molar-refractivity contribution < 1.29 is 9.53 Å². The third-order valence-electron chi connectivity index (χ3n) is 3.87. The van der Waals surface area contributed by atoms with E-state index in [1.54, 1.807) is 11.8 Å². The first-order chi connectivity index (χ1) is 8.74. The number of carbonyl (C=O) groups is 1. The molecular formula is C13H24N2O2S. The highest BCUT2D eigenvalue weighted by Gasteiger charge is 2.37. The Morgan fingerprint density at radius 2 is 2.00 bits per heavy atom. The molecule has 2 fully saturated rings. The van der Waals surface area contributed by atoms with Gasteiger partial charge in [-0.25, -0.2) is 0 Å². The fourth-order valence-corrected chi connectivity index (χ4v) is 3.36. The first-order valence-corrected chi connectivity index (χ1v) is 8.24. The third kappa shape index (κ3) is 3.87. The number of carbonyl (C=O) groups excluding carboxylic acids is 1. The molecule has 1 heterocycles. The van der Waals surface area contributed by atoms with Crippen LogP contribution in [0.15, 0.2) is 0 Å². The number of morpholine rings is 1. The Morgan fingerprint density at radius 3 is 2.61 bits per heavy atom. The van der Waals surface area contributed by atoms with Gasteiger partial charge in [-0.2, -0.15) is 11.8 Å². The molecule has 1 saturated heterocycles. The first kappa shape index (κ1) is 14.2. The van der Waals surface area contributed by atoms with Crippen molar-refractivity contribution >= 4 is 17.7 Å². The van der Waals surface area contributed by atoms with Crippen molar-refractivity contribution in [2.24, 2.45) is 0 Å². The molecule has 0 unspecified atom stereocenters. The first-order valence-electron chi connectivity index (χ1n) is 6.84. The molecule has 4 nitrogen and oxygen atoms in total. The van der Waals surface area contributed by atoms with Crippen LogP contribution in [0.4, 0.5) is 0 Å². The Morgan fingerprint density at radius 1 is 1.33 bits per heavy atom. The number of amides is 1. The molecule has 0 atom stereocenters. The van der Waals surface area contributed by atoms with Gasteiger partial charge in [0, 0.05) is 19.6 Å². The topological polar surface area (TPSA) is 41.6 Å². The zero-order valence-corrected chi connectivity index (χ0v) is 12.1. The highest BCUT2D eigenvalue weighted by atomic mass is 32.2. The van der Waals surface area contributed by atoms with Crippen LogP contribution in [0.5, 0.6) is 0 Å². The number of nitrogens with zero attached hydrogens (tertiary/aromatic N) is 1. The van der Waals surface area contributed by atoms with Gasteiger partial charge in [-0.05, 0) is 19.1 Å². The second kappa shape index (κ2) is 6.78. The van der Waals surface area contributed by atoms with E-state index < -0.39 is 0 Å². The van der Waals surface area contributed by atoms with E-state index in [1.807, 2.05) is 6.26 Å². The standard InChI is InChI=1S/C13H24N2O2S/c1-18-10-12(16)14-13(4-2-3-5-13)11-15-6-8-17-9-7-15/h2-11H2,1H3,(H,14,16). The van der Waals surface area contributed by atoms with Crippen LogP contribution in [-0.4, -0.2) is 61.2 Å². The van der Waals surface area contributed by atoms with Crippen molar-refractivity contribution in [3.8, 4) is 0 Å². The lowest BCUT2D eigenvalue weighted by atomic mass is 9.96. The van der Waals surface area contributed by atoms with Gasteiger partial charge in [-0.15, -0.1) is 0 Å². The summed E-state index contributed by atoms with van der Waals surface area (Å²) in [6.45, 7) is 4.65. The summed E-state index contributed by atoms with van der Waals surface area (Å²) in [7, 11) is 0. The summed E-state index contributed by atoms with van der Waals surface area (Å²) in [6, 6.07) is 0. The van der Waals surface area contributed by atoms with E-state index in [0.29, 0.717) is 5.75 Å². The lowest BCUT2D eigenvalue weighted by molar-refractivity contribution is -0.120. The van der Waals surface area contributed by atoms with Crippen LogP contribution >= 0.6 is 11.8 Å². The number of thioether (sulfide) groups is 1. The van der Waals surface area contributed by atoms with Gasteiger partial charge < -0.3 is 10.1 Å². The zero-order chi connectivity index (χ0) is 12.8. The molecule has 2 aliphatic rings. The summed E-state index contributed by atoms with van der Waals surface area (Å²) in [5, 5.41) is 3.30. The molecule has 1 amide bonds. The van der Waals surface area contributed by atoms with Crippen molar-refractivity contribution in [1.82, 2.24) is 10.2 Å². The molecule has 1 N–H and O–H groups in total. The summed E-state index contributed by atoms with van der Waals surface area (Å²) in [5.74, 6) is 0.767. The summed E-state index contributed by atoms with van der Waals surface area (Å²) >= 11 is 1.59. The predicted octanol–water partition coefficient (Wildman–Crippen LogP) is 1.11. The van der Waals surface area contributed by atoms with Crippen LogP contribution in [0.2, 0.25) is 0 Å².